The van der Waals surface area contributed by atoms with Gasteiger partial charge in [-0.3, -0.25) is 0 Å². The van der Waals surface area contributed by atoms with Gasteiger partial charge in [-0.25, -0.2) is 4.79 Å². The van der Waals surface area contributed by atoms with Crippen LogP contribution in [0.3, 0.4) is 0 Å². The highest BCUT2D eigenvalue weighted by molar-refractivity contribution is 5.73. The fraction of sp³-hybridized carbons (Fsp3) is 0.609. The Morgan fingerprint density at radius 2 is 2.06 bits per heavy atom. The Morgan fingerprint density at radius 3 is 2.82 bits per heavy atom. The van der Waals surface area contributed by atoms with Crippen LogP contribution in [-0.2, 0) is 26.1 Å². The molecule has 1 spiro atoms. The van der Waals surface area contributed by atoms with E-state index >= 15 is 0 Å². The lowest BCUT2D eigenvalue weighted by molar-refractivity contribution is -0.307. The number of phenols is 1. The van der Waals surface area contributed by atoms with Crippen molar-refractivity contribution in [2.75, 3.05) is 13.5 Å². The fourth-order valence-corrected chi connectivity index (χ4v) is 6.47. The van der Waals surface area contributed by atoms with Crippen molar-refractivity contribution in [1.29, 1.82) is 0 Å². The normalized spacial score (nSPS) is 47.1. The third-order valence-corrected chi connectivity index (χ3v) is 7.96. The molecule has 1 aromatic rings. The highest BCUT2D eigenvalue weighted by Crippen LogP contribution is 2.62. The zero-order chi connectivity index (χ0) is 25.7. The Kier molecular flexibility index (Phi) is 3.93. The molecule has 2 aliphatic carbocycles. The number of aliphatic hydroxyl groups excluding tert-OH is 3. The van der Waals surface area contributed by atoms with Crippen molar-refractivity contribution in [3.8, 4) is 11.5 Å². The Balaban J connectivity index is 1.39. The number of carbonyl (C=O) groups is 1. The Bertz CT molecular complexity index is 1130. The van der Waals surface area contributed by atoms with Crippen molar-refractivity contribution < 1.29 is 48.7 Å². The number of piperidine rings is 1. The van der Waals surface area contributed by atoms with Gasteiger partial charge in [-0.05, 0) is 38.0 Å². The molecule has 5 N–H and O–H groups in total. The van der Waals surface area contributed by atoms with Crippen LogP contribution in [0.4, 0.5) is 0 Å². The highest BCUT2D eigenvalue weighted by Gasteiger charge is 2.65. The number of carboxylic acid groups (broad SMARTS) is 1. The van der Waals surface area contributed by atoms with Crippen LogP contribution in [0.1, 0.15) is 21.7 Å². The molecule has 10 heteroatoms. The topological polar surface area (TPSA) is 149 Å². The summed E-state index contributed by atoms with van der Waals surface area (Å²) in [5, 5.41) is 50.7. The molecule has 2 saturated heterocycles. The molecule has 33 heavy (non-hydrogen) atoms. The van der Waals surface area contributed by atoms with Gasteiger partial charge in [0, 0.05) is 27.1 Å². The number of hydrogen-bond acceptors (Lipinski definition) is 9. The number of hydrogen-bond donors (Lipinski definition) is 5. The molecular formula is C23H27NO9. The Hall–Kier alpha value is -2.21. The van der Waals surface area contributed by atoms with Gasteiger partial charge in [0.2, 0.25) is 0 Å². The van der Waals surface area contributed by atoms with Crippen LogP contribution in [0.2, 0.25) is 0 Å². The monoisotopic (exact) mass is 464 g/mol. The third-order valence-electron chi connectivity index (χ3n) is 7.96. The molecule has 2 bridgehead atoms. The van der Waals surface area contributed by atoms with E-state index in [9.17, 15) is 30.3 Å². The van der Waals surface area contributed by atoms with Crippen LogP contribution >= 0.6 is 0 Å². The first kappa shape index (κ1) is 18.2. The molecule has 1 unspecified atom stereocenters. The minimum Gasteiger partial charge on any atom is -0.504 e. The van der Waals surface area contributed by atoms with Crippen molar-refractivity contribution in [3.05, 3.63) is 35.4 Å². The van der Waals surface area contributed by atoms with Crippen LogP contribution in [0.5, 0.6) is 11.5 Å². The Morgan fingerprint density at radius 1 is 1.24 bits per heavy atom. The number of ether oxygens (including phenoxy) is 3. The predicted octanol–water partition coefficient (Wildman–Crippen LogP) is -0.885. The number of phenolic OH excluding ortho intramolecular Hbond substituents is 1. The molecule has 2 fully saturated rings. The minimum absolute atomic E-state index is 0.0508. The van der Waals surface area contributed by atoms with Crippen molar-refractivity contribution in [2.24, 2.45) is 5.92 Å². The molecule has 0 aromatic heterocycles. The number of benzene rings is 1. The molecule has 10 nitrogen and oxygen atoms in total. The van der Waals surface area contributed by atoms with E-state index in [4.69, 9.17) is 18.3 Å². The van der Waals surface area contributed by atoms with Gasteiger partial charge in [0.25, 0.3) is 0 Å². The van der Waals surface area contributed by atoms with Gasteiger partial charge >= 0.3 is 5.97 Å². The van der Waals surface area contributed by atoms with E-state index in [1.807, 2.05) is 6.08 Å². The third kappa shape index (κ3) is 2.73. The number of rotatable bonds is 3. The standard InChI is InChI=1S/C23H27NO9/c1-24-7-6-23-10-3-5-13(31-22-17(28)15(26)16(27)19(33-22)21(29)30)20(23)32-18-12(25)4-2-9(14(18)23)8-11(10)24/h2-5,10-11,13,15-17,19-20,22,25-28H,6-8H2,1H3,(H,29,30)/t10-,11+,13-,15?,16-,17+,19-,20-,22+,23-/m0/s1/i1D3. The molecule has 3 aliphatic heterocycles. The summed E-state index contributed by atoms with van der Waals surface area (Å²) in [6, 6.07) is 2.96. The van der Waals surface area contributed by atoms with Crippen LogP contribution in [-0.4, -0.2) is 98.9 Å². The fourth-order valence-electron chi connectivity index (χ4n) is 6.47. The lowest BCUT2D eigenvalue weighted by Crippen LogP contribution is -2.66. The summed E-state index contributed by atoms with van der Waals surface area (Å²) in [4.78, 5) is 13.0. The van der Waals surface area contributed by atoms with Crippen molar-refractivity contribution in [2.45, 2.75) is 67.2 Å². The van der Waals surface area contributed by atoms with Crippen LogP contribution in [0, 0.1) is 5.92 Å². The van der Waals surface area contributed by atoms with Gasteiger partial charge in [-0.2, -0.15) is 0 Å². The zero-order valence-corrected chi connectivity index (χ0v) is 17.4. The van der Waals surface area contributed by atoms with Crippen molar-refractivity contribution >= 4 is 5.97 Å². The van der Waals surface area contributed by atoms with Gasteiger partial charge in [0.05, 0.1) is 0 Å². The summed E-state index contributed by atoms with van der Waals surface area (Å²) in [6.07, 6.45) is -6.03. The highest BCUT2D eigenvalue weighted by atomic mass is 16.7. The second kappa shape index (κ2) is 7.14. The molecule has 0 amide bonds. The summed E-state index contributed by atoms with van der Waals surface area (Å²) < 4.78 is 41.8. The number of likely N-dealkylation sites (N-methyl/N-ethyl adjacent to an activating group) is 1. The van der Waals surface area contributed by atoms with Crippen molar-refractivity contribution in [1.82, 2.24) is 4.90 Å². The smallest absolute Gasteiger partial charge is 0.335 e. The maximum atomic E-state index is 11.5. The molecule has 10 atom stereocenters. The van der Waals surface area contributed by atoms with Gasteiger partial charge < -0.3 is 44.6 Å². The Labute approximate surface area is 193 Å². The minimum atomic E-state index is -2.29. The largest absolute Gasteiger partial charge is 0.504 e. The molecule has 5 aliphatic rings. The average molecular weight is 464 g/mol. The first-order valence-corrected chi connectivity index (χ1v) is 11.0. The molecular weight excluding hydrogens is 434 g/mol. The van der Waals surface area contributed by atoms with E-state index in [0.717, 1.165) is 11.1 Å². The summed E-state index contributed by atoms with van der Waals surface area (Å²) in [5.41, 5.74) is 0.978. The lowest BCUT2D eigenvalue weighted by atomic mass is 9.53. The van der Waals surface area contributed by atoms with E-state index in [0.29, 0.717) is 18.6 Å². The van der Waals surface area contributed by atoms with Crippen LogP contribution in [0.25, 0.3) is 0 Å². The van der Waals surface area contributed by atoms with Gasteiger partial charge in [-0.15, -0.1) is 0 Å². The quantitative estimate of drug-likeness (QED) is 0.357. The number of aliphatic hydroxyl groups is 3. The SMILES string of the molecule is [2H]C([2H])([2H])N1CC[C@]23c4c5ccc(O)c4O[C@H]2[C@@H](O[C@@H]2O[C@H](C(=O)O)[C@@H](O)C(O)[C@H]2O)C=C[C@H]3[C@H]1C5. The van der Waals surface area contributed by atoms with E-state index in [1.54, 1.807) is 12.1 Å². The van der Waals surface area contributed by atoms with Gasteiger partial charge in [0.1, 0.15) is 30.5 Å². The molecule has 1 aromatic carbocycles. The molecule has 178 valence electrons. The molecule has 6 rings (SSSR count). The second-order valence-corrected chi connectivity index (χ2v) is 9.49. The van der Waals surface area contributed by atoms with Crippen LogP contribution in [0.15, 0.2) is 24.3 Å². The summed E-state index contributed by atoms with van der Waals surface area (Å²) in [5.74, 6) is -1.52. The second-order valence-electron chi connectivity index (χ2n) is 9.49. The van der Waals surface area contributed by atoms with Gasteiger partial charge in [0.15, 0.2) is 23.9 Å². The maximum Gasteiger partial charge on any atom is 0.335 e. The number of likely N-dealkylation sites (tertiary alicyclic amines) is 1. The van der Waals surface area contributed by atoms with Crippen molar-refractivity contribution in [3.63, 3.8) is 0 Å². The van der Waals surface area contributed by atoms with Gasteiger partial charge in [-0.1, -0.05) is 18.2 Å². The van der Waals surface area contributed by atoms with E-state index in [1.165, 1.54) is 11.0 Å². The number of aromatic hydroxyl groups is 1. The van der Waals surface area contributed by atoms with E-state index in [-0.39, 0.29) is 24.3 Å². The lowest BCUT2D eigenvalue weighted by Gasteiger charge is -2.57. The summed E-state index contributed by atoms with van der Waals surface area (Å²) in [7, 11) is 0. The van der Waals surface area contributed by atoms with Crippen LogP contribution < -0.4 is 4.74 Å². The summed E-state index contributed by atoms with van der Waals surface area (Å²) in [6.45, 7) is -2.02. The molecule has 0 radical (unpaired) electrons. The molecule has 0 saturated carbocycles. The van der Waals surface area contributed by atoms with E-state index in [2.05, 4.69) is 0 Å². The predicted molar refractivity (Wildman–Crippen MR) is 111 cm³/mol. The van der Waals surface area contributed by atoms with E-state index < -0.39 is 61.3 Å². The maximum absolute atomic E-state index is 11.5. The zero-order valence-electron chi connectivity index (χ0n) is 20.4. The first-order valence-electron chi connectivity index (χ1n) is 12.5. The number of aliphatic carboxylic acids is 1. The molecule has 3 heterocycles. The number of carboxylic acids is 1. The number of nitrogens with zero attached hydrogens (tertiary/aromatic N) is 1. The summed E-state index contributed by atoms with van der Waals surface area (Å²) >= 11 is 0. The average Bonchev–Trinajstić information content (AvgIpc) is 3.15. The first-order chi connectivity index (χ1) is 16.9.